The van der Waals surface area contributed by atoms with Crippen molar-refractivity contribution in [2.24, 2.45) is 0 Å². The molecule has 2 N–H and O–H groups in total. The van der Waals surface area contributed by atoms with Crippen LogP contribution in [0.3, 0.4) is 0 Å². The van der Waals surface area contributed by atoms with E-state index in [2.05, 4.69) is 21.4 Å². The summed E-state index contributed by atoms with van der Waals surface area (Å²) in [7, 11) is 0. The van der Waals surface area contributed by atoms with Crippen LogP contribution < -0.4 is 5.32 Å². The van der Waals surface area contributed by atoms with Gasteiger partial charge >= 0.3 is 0 Å². The number of benzene rings is 1. The summed E-state index contributed by atoms with van der Waals surface area (Å²) < 4.78 is 0. The fourth-order valence-electron chi connectivity index (χ4n) is 2.30. The van der Waals surface area contributed by atoms with Gasteiger partial charge in [0.05, 0.1) is 0 Å². The highest BCUT2D eigenvalue weighted by Crippen LogP contribution is 2.24. The quantitative estimate of drug-likeness (QED) is 0.759. The van der Waals surface area contributed by atoms with Gasteiger partial charge in [-0.2, -0.15) is 0 Å². The summed E-state index contributed by atoms with van der Waals surface area (Å²) in [5, 5.41) is 3.98. The smallest absolute Gasteiger partial charge is 0.224 e. The van der Waals surface area contributed by atoms with Gasteiger partial charge in [-0.3, -0.25) is 4.79 Å². The Kier molecular flexibility index (Phi) is 3.69. The van der Waals surface area contributed by atoms with E-state index in [1.807, 2.05) is 43.3 Å². The predicted octanol–water partition coefficient (Wildman–Crippen LogP) is 3.97. The number of carbonyl (C=O) groups is 1. The molecule has 0 bridgehead atoms. The highest BCUT2D eigenvalue weighted by atomic mass is 16.1. The van der Waals surface area contributed by atoms with E-state index in [1.165, 1.54) is 0 Å². The van der Waals surface area contributed by atoms with Crippen LogP contribution in [0.15, 0.2) is 48.7 Å². The minimum atomic E-state index is 0.0556. The molecule has 1 aromatic carbocycles. The normalized spacial score (nSPS) is 10.7. The van der Waals surface area contributed by atoms with Crippen molar-refractivity contribution in [2.45, 2.75) is 19.8 Å². The van der Waals surface area contributed by atoms with Gasteiger partial charge in [0.2, 0.25) is 5.91 Å². The average Bonchev–Trinajstić information content (AvgIpc) is 2.92. The summed E-state index contributed by atoms with van der Waals surface area (Å²) in [6.07, 6.45) is 3.18. The summed E-state index contributed by atoms with van der Waals surface area (Å²) in [4.78, 5) is 19.1. The molecule has 21 heavy (non-hydrogen) atoms. The van der Waals surface area contributed by atoms with Gasteiger partial charge in [0, 0.05) is 29.4 Å². The van der Waals surface area contributed by atoms with E-state index in [0.29, 0.717) is 6.42 Å². The van der Waals surface area contributed by atoms with Crippen molar-refractivity contribution in [1.82, 2.24) is 9.97 Å². The van der Waals surface area contributed by atoms with Crippen LogP contribution in [0.1, 0.15) is 19.8 Å². The zero-order chi connectivity index (χ0) is 14.7. The van der Waals surface area contributed by atoms with Crippen molar-refractivity contribution < 1.29 is 4.79 Å². The molecule has 0 atom stereocenters. The maximum absolute atomic E-state index is 11.6. The van der Waals surface area contributed by atoms with Gasteiger partial charge in [0.25, 0.3) is 0 Å². The van der Waals surface area contributed by atoms with E-state index in [4.69, 9.17) is 0 Å². The molecule has 0 spiro atoms. The molecular weight excluding hydrogens is 262 g/mol. The second-order valence-electron chi connectivity index (χ2n) is 5.00. The summed E-state index contributed by atoms with van der Waals surface area (Å²) in [5.74, 6) is 0.0556. The van der Waals surface area contributed by atoms with Crippen LogP contribution in [-0.2, 0) is 4.79 Å². The van der Waals surface area contributed by atoms with Gasteiger partial charge in [-0.15, -0.1) is 0 Å². The van der Waals surface area contributed by atoms with E-state index in [-0.39, 0.29) is 5.91 Å². The summed E-state index contributed by atoms with van der Waals surface area (Å²) >= 11 is 0. The number of hydrogen-bond acceptors (Lipinski definition) is 2. The molecule has 0 aliphatic heterocycles. The Morgan fingerprint density at radius 1 is 1.24 bits per heavy atom. The number of aromatic nitrogens is 2. The molecule has 4 nitrogen and oxygen atoms in total. The van der Waals surface area contributed by atoms with Gasteiger partial charge < -0.3 is 10.3 Å². The molecule has 1 amide bonds. The van der Waals surface area contributed by atoms with E-state index in [9.17, 15) is 4.79 Å². The van der Waals surface area contributed by atoms with Gasteiger partial charge in [0.15, 0.2) is 0 Å². The predicted molar refractivity (Wildman–Crippen MR) is 85.1 cm³/mol. The third kappa shape index (κ3) is 2.94. The standard InChI is InChI=1S/C17H17N3O/c1-2-4-16(21)19-14-8-6-12(7-9-14)15-11-13-5-3-10-18-17(13)20-15/h3,5-11H,2,4H2,1H3,(H,18,20)(H,19,21). The molecule has 0 radical (unpaired) electrons. The Balaban J connectivity index is 1.81. The number of H-pyrrole nitrogens is 1. The van der Waals surface area contributed by atoms with E-state index in [0.717, 1.165) is 34.4 Å². The monoisotopic (exact) mass is 279 g/mol. The number of rotatable bonds is 4. The number of aromatic amines is 1. The maximum Gasteiger partial charge on any atom is 0.224 e. The van der Waals surface area contributed by atoms with Crippen molar-refractivity contribution >= 4 is 22.6 Å². The second kappa shape index (κ2) is 5.79. The van der Waals surface area contributed by atoms with Gasteiger partial charge in [-0.25, -0.2) is 4.98 Å². The fourth-order valence-corrected chi connectivity index (χ4v) is 2.30. The van der Waals surface area contributed by atoms with Gasteiger partial charge in [0.1, 0.15) is 5.65 Å². The largest absolute Gasteiger partial charge is 0.339 e. The molecule has 3 aromatic rings. The number of fused-ring (bicyclic) bond motifs is 1. The third-order valence-electron chi connectivity index (χ3n) is 3.35. The van der Waals surface area contributed by atoms with E-state index < -0.39 is 0 Å². The minimum absolute atomic E-state index is 0.0556. The van der Waals surface area contributed by atoms with E-state index in [1.54, 1.807) is 6.20 Å². The van der Waals surface area contributed by atoms with Crippen LogP contribution in [0.2, 0.25) is 0 Å². The lowest BCUT2D eigenvalue weighted by atomic mass is 10.1. The topological polar surface area (TPSA) is 57.8 Å². The first kappa shape index (κ1) is 13.4. The molecule has 4 heteroatoms. The molecule has 0 saturated carbocycles. The number of hydrogen-bond donors (Lipinski definition) is 2. The van der Waals surface area contributed by atoms with Gasteiger partial charge in [-0.1, -0.05) is 19.1 Å². The Labute approximate surface area is 123 Å². The van der Waals surface area contributed by atoms with Crippen LogP contribution in [0.5, 0.6) is 0 Å². The van der Waals surface area contributed by atoms with Crippen molar-refractivity contribution in [3.05, 3.63) is 48.7 Å². The summed E-state index contributed by atoms with van der Waals surface area (Å²) in [5.41, 5.74) is 3.80. The zero-order valence-corrected chi connectivity index (χ0v) is 11.9. The second-order valence-corrected chi connectivity index (χ2v) is 5.00. The lowest BCUT2D eigenvalue weighted by Crippen LogP contribution is -2.10. The number of nitrogens with zero attached hydrogens (tertiary/aromatic N) is 1. The number of amides is 1. The van der Waals surface area contributed by atoms with Crippen molar-refractivity contribution in [3.8, 4) is 11.3 Å². The molecule has 0 aliphatic carbocycles. The maximum atomic E-state index is 11.6. The first-order chi connectivity index (χ1) is 10.3. The van der Waals surface area contributed by atoms with Crippen molar-refractivity contribution in [3.63, 3.8) is 0 Å². The lowest BCUT2D eigenvalue weighted by Gasteiger charge is -2.05. The van der Waals surface area contributed by atoms with Gasteiger partial charge in [-0.05, 0) is 42.3 Å². The highest BCUT2D eigenvalue weighted by Gasteiger charge is 2.05. The van der Waals surface area contributed by atoms with E-state index >= 15 is 0 Å². The number of nitrogens with one attached hydrogen (secondary N) is 2. The molecule has 0 unspecified atom stereocenters. The molecule has 0 fully saturated rings. The molecular formula is C17H17N3O. The molecule has 3 rings (SSSR count). The molecule has 0 saturated heterocycles. The Hall–Kier alpha value is -2.62. The fraction of sp³-hybridized carbons (Fsp3) is 0.176. The van der Waals surface area contributed by atoms with Crippen LogP contribution in [-0.4, -0.2) is 15.9 Å². The van der Waals surface area contributed by atoms with Crippen LogP contribution in [0, 0.1) is 0 Å². The lowest BCUT2D eigenvalue weighted by molar-refractivity contribution is -0.116. The minimum Gasteiger partial charge on any atom is -0.339 e. The molecule has 2 aromatic heterocycles. The Morgan fingerprint density at radius 2 is 2.05 bits per heavy atom. The first-order valence-electron chi connectivity index (χ1n) is 7.10. The number of carbonyl (C=O) groups excluding carboxylic acids is 1. The summed E-state index contributed by atoms with van der Waals surface area (Å²) in [6.45, 7) is 1.99. The number of anilines is 1. The number of pyridine rings is 1. The highest BCUT2D eigenvalue weighted by molar-refractivity contribution is 5.91. The average molecular weight is 279 g/mol. The molecule has 2 heterocycles. The van der Waals surface area contributed by atoms with Crippen LogP contribution >= 0.6 is 0 Å². The van der Waals surface area contributed by atoms with Crippen molar-refractivity contribution in [2.75, 3.05) is 5.32 Å². The summed E-state index contributed by atoms with van der Waals surface area (Å²) in [6, 6.07) is 13.9. The third-order valence-corrected chi connectivity index (χ3v) is 3.35. The molecule has 0 aliphatic rings. The van der Waals surface area contributed by atoms with Crippen LogP contribution in [0.4, 0.5) is 5.69 Å². The SMILES string of the molecule is CCCC(=O)Nc1ccc(-c2cc3cccnc3[nH]2)cc1. The van der Waals surface area contributed by atoms with Crippen molar-refractivity contribution in [1.29, 1.82) is 0 Å². The Morgan fingerprint density at radius 3 is 2.76 bits per heavy atom. The zero-order valence-electron chi connectivity index (χ0n) is 11.9. The van der Waals surface area contributed by atoms with Crippen LogP contribution in [0.25, 0.3) is 22.3 Å². The first-order valence-corrected chi connectivity index (χ1v) is 7.10. The molecule has 106 valence electrons. The Bertz CT molecular complexity index is 726.